The van der Waals surface area contributed by atoms with E-state index in [1.165, 1.54) is 0 Å². The molecule has 7 nitrogen and oxygen atoms in total. The maximum absolute atomic E-state index is 12.8. The normalized spacial score (nSPS) is 11.2. The van der Waals surface area contributed by atoms with E-state index >= 15 is 0 Å². The van der Waals surface area contributed by atoms with Gasteiger partial charge >= 0.3 is 0 Å². The van der Waals surface area contributed by atoms with Crippen LogP contribution in [-0.2, 0) is 0 Å². The van der Waals surface area contributed by atoms with Crippen LogP contribution in [0.4, 0.5) is 5.69 Å². The van der Waals surface area contributed by atoms with E-state index in [1.807, 2.05) is 73.9 Å². The predicted molar refractivity (Wildman–Crippen MR) is 106 cm³/mol. The summed E-state index contributed by atoms with van der Waals surface area (Å²) in [6.07, 6.45) is 5.25. The number of anilines is 1. The first-order chi connectivity index (χ1) is 13.7. The lowest BCUT2D eigenvalue weighted by Gasteiger charge is -2.09. The lowest BCUT2D eigenvalue weighted by Crippen LogP contribution is -2.15. The fourth-order valence-electron chi connectivity index (χ4n) is 3.14. The second-order valence-electron chi connectivity index (χ2n) is 6.49. The summed E-state index contributed by atoms with van der Waals surface area (Å²) in [5.41, 5.74) is 4.48. The van der Waals surface area contributed by atoms with Crippen LogP contribution in [0.5, 0.6) is 0 Å². The van der Waals surface area contributed by atoms with E-state index in [9.17, 15) is 4.79 Å². The number of amides is 1. The molecule has 0 unspecified atom stereocenters. The minimum Gasteiger partial charge on any atom is -0.320 e. The molecular weight excluding hydrogens is 352 g/mol. The van der Waals surface area contributed by atoms with Gasteiger partial charge < -0.3 is 5.32 Å². The Morgan fingerprint density at radius 1 is 1.00 bits per heavy atom. The molecule has 4 aromatic heterocycles. The molecule has 1 N–H and O–H groups in total. The van der Waals surface area contributed by atoms with Gasteiger partial charge in [-0.15, -0.1) is 5.10 Å². The first-order valence-electron chi connectivity index (χ1n) is 8.85. The van der Waals surface area contributed by atoms with Crippen molar-refractivity contribution in [3.8, 4) is 11.4 Å². The molecular formula is C21H16N6O. The molecule has 7 heteroatoms. The second kappa shape index (κ2) is 6.31. The molecule has 136 valence electrons. The highest BCUT2D eigenvalue weighted by molar-refractivity contribution is 6.04. The van der Waals surface area contributed by atoms with Gasteiger partial charge in [-0.1, -0.05) is 24.3 Å². The summed E-state index contributed by atoms with van der Waals surface area (Å²) >= 11 is 0. The highest BCUT2D eigenvalue weighted by Crippen LogP contribution is 2.24. The van der Waals surface area contributed by atoms with Gasteiger partial charge in [0.05, 0.1) is 6.20 Å². The zero-order valence-electron chi connectivity index (χ0n) is 15.1. The Labute approximate surface area is 160 Å². The highest BCUT2D eigenvalue weighted by atomic mass is 16.1. The van der Waals surface area contributed by atoms with Gasteiger partial charge in [-0.05, 0) is 42.8 Å². The lowest BCUT2D eigenvalue weighted by molar-refractivity contribution is 0.102. The molecule has 0 saturated heterocycles. The third kappa shape index (κ3) is 2.69. The van der Waals surface area contributed by atoms with Crippen molar-refractivity contribution in [1.82, 2.24) is 24.0 Å². The van der Waals surface area contributed by atoms with Crippen molar-refractivity contribution in [2.75, 3.05) is 5.32 Å². The first-order valence-corrected chi connectivity index (χ1v) is 8.85. The summed E-state index contributed by atoms with van der Waals surface area (Å²) in [4.78, 5) is 21.6. The van der Waals surface area contributed by atoms with Gasteiger partial charge in [-0.25, -0.2) is 14.5 Å². The smallest absolute Gasteiger partial charge is 0.274 e. The highest BCUT2D eigenvalue weighted by Gasteiger charge is 2.14. The largest absolute Gasteiger partial charge is 0.320 e. The van der Waals surface area contributed by atoms with Crippen LogP contribution in [0.15, 0.2) is 73.2 Å². The van der Waals surface area contributed by atoms with Crippen molar-refractivity contribution in [3.63, 3.8) is 0 Å². The molecule has 0 saturated carbocycles. The third-order valence-corrected chi connectivity index (χ3v) is 4.63. The van der Waals surface area contributed by atoms with E-state index < -0.39 is 0 Å². The van der Waals surface area contributed by atoms with Gasteiger partial charge in [0, 0.05) is 23.6 Å². The van der Waals surface area contributed by atoms with Gasteiger partial charge in [0.1, 0.15) is 11.3 Å². The van der Waals surface area contributed by atoms with Crippen molar-refractivity contribution in [1.29, 1.82) is 0 Å². The molecule has 0 aliphatic rings. The number of benzene rings is 1. The molecule has 0 aliphatic heterocycles. The van der Waals surface area contributed by atoms with Crippen LogP contribution in [0.2, 0.25) is 0 Å². The molecule has 0 radical (unpaired) electrons. The molecule has 0 aliphatic carbocycles. The number of aryl methyl sites for hydroxylation is 1. The topological polar surface area (TPSA) is 76.6 Å². The molecule has 0 bridgehead atoms. The molecule has 5 rings (SSSR count). The van der Waals surface area contributed by atoms with E-state index in [0.29, 0.717) is 17.2 Å². The summed E-state index contributed by atoms with van der Waals surface area (Å²) in [7, 11) is 0. The number of nitrogens with one attached hydrogen (secondary N) is 1. The number of hydrogen-bond acceptors (Lipinski definition) is 4. The fraction of sp³-hybridized carbons (Fsp3) is 0.0476. The minimum atomic E-state index is -0.220. The Balaban J connectivity index is 1.50. The van der Waals surface area contributed by atoms with Gasteiger partial charge in [0.25, 0.3) is 5.91 Å². The number of fused-ring (bicyclic) bond motifs is 2. The number of aromatic nitrogens is 5. The molecule has 1 aromatic carbocycles. The average Bonchev–Trinajstić information content (AvgIpc) is 3.33. The number of hydrogen-bond donors (Lipinski definition) is 1. The molecule has 0 atom stereocenters. The fourth-order valence-corrected chi connectivity index (χ4v) is 3.14. The summed E-state index contributed by atoms with van der Waals surface area (Å²) < 4.78 is 3.49. The molecule has 1 amide bonds. The Bertz CT molecular complexity index is 1300. The molecule has 4 heterocycles. The molecule has 0 fully saturated rings. The van der Waals surface area contributed by atoms with Crippen molar-refractivity contribution in [2.45, 2.75) is 6.92 Å². The first kappa shape index (κ1) is 16.2. The van der Waals surface area contributed by atoms with Crippen LogP contribution >= 0.6 is 0 Å². The van der Waals surface area contributed by atoms with E-state index in [2.05, 4.69) is 20.4 Å². The van der Waals surface area contributed by atoms with Crippen molar-refractivity contribution >= 4 is 22.9 Å². The van der Waals surface area contributed by atoms with Crippen LogP contribution in [0.1, 0.15) is 16.1 Å². The molecule has 5 aromatic rings. The predicted octanol–water partition coefficient (Wildman–Crippen LogP) is 3.60. The van der Waals surface area contributed by atoms with Crippen LogP contribution in [-0.4, -0.2) is 29.9 Å². The molecule has 28 heavy (non-hydrogen) atoms. The summed E-state index contributed by atoms with van der Waals surface area (Å²) in [6, 6.07) is 17.1. The summed E-state index contributed by atoms with van der Waals surface area (Å²) in [5, 5.41) is 7.49. The van der Waals surface area contributed by atoms with E-state index in [0.717, 1.165) is 22.4 Å². The maximum atomic E-state index is 12.8. The van der Waals surface area contributed by atoms with E-state index in [4.69, 9.17) is 0 Å². The zero-order valence-corrected chi connectivity index (χ0v) is 15.1. The number of imidazole rings is 1. The van der Waals surface area contributed by atoms with Crippen molar-refractivity contribution in [3.05, 3.63) is 84.4 Å². The van der Waals surface area contributed by atoms with Crippen LogP contribution in [0, 0.1) is 6.92 Å². The quantitative estimate of drug-likeness (QED) is 0.528. The van der Waals surface area contributed by atoms with Crippen molar-refractivity contribution < 1.29 is 4.79 Å². The van der Waals surface area contributed by atoms with Crippen LogP contribution in [0.3, 0.4) is 0 Å². The average molecular weight is 368 g/mol. The van der Waals surface area contributed by atoms with Crippen LogP contribution < -0.4 is 5.32 Å². The van der Waals surface area contributed by atoms with Gasteiger partial charge in [0.2, 0.25) is 0 Å². The second-order valence-corrected chi connectivity index (χ2v) is 6.49. The Hall–Kier alpha value is -4.00. The number of rotatable bonds is 3. The summed E-state index contributed by atoms with van der Waals surface area (Å²) in [6.45, 7) is 1.95. The Kier molecular flexibility index (Phi) is 3.65. The Morgan fingerprint density at radius 2 is 1.82 bits per heavy atom. The standard InChI is InChI=1S/C21H16N6O/c1-14-8-9-15(20-24-19-7-3-5-11-27(19)25-20)12-16(14)23-21(28)17-13-22-18-6-2-4-10-26(17)18/h2-13H,1H3,(H,23,28). The third-order valence-electron chi connectivity index (χ3n) is 4.63. The van der Waals surface area contributed by atoms with Gasteiger partial charge in [-0.3, -0.25) is 9.20 Å². The maximum Gasteiger partial charge on any atom is 0.274 e. The number of carbonyl (C=O) groups is 1. The van der Waals surface area contributed by atoms with Gasteiger partial charge in [-0.2, -0.15) is 0 Å². The minimum absolute atomic E-state index is 0.220. The lowest BCUT2D eigenvalue weighted by atomic mass is 10.1. The Morgan fingerprint density at radius 3 is 2.68 bits per heavy atom. The number of pyridine rings is 2. The SMILES string of the molecule is Cc1ccc(-c2nc3ccccn3n2)cc1NC(=O)c1cnc2ccccn12. The summed E-state index contributed by atoms with van der Waals surface area (Å²) in [5.74, 6) is 0.387. The zero-order chi connectivity index (χ0) is 19.1. The van der Waals surface area contributed by atoms with E-state index in [-0.39, 0.29) is 5.91 Å². The number of carbonyl (C=O) groups excluding carboxylic acids is 1. The van der Waals surface area contributed by atoms with Crippen molar-refractivity contribution in [2.24, 2.45) is 0 Å². The van der Waals surface area contributed by atoms with Crippen LogP contribution in [0.25, 0.3) is 22.7 Å². The monoisotopic (exact) mass is 368 g/mol. The molecule has 0 spiro atoms. The van der Waals surface area contributed by atoms with Gasteiger partial charge in [0.15, 0.2) is 11.5 Å². The number of nitrogens with zero attached hydrogens (tertiary/aromatic N) is 5. The van der Waals surface area contributed by atoms with E-state index in [1.54, 1.807) is 15.1 Å².